The second-order valence-electron chi connectivity index (χ2n) is 10.0. The van der Waals surface area contributed by atoms with Gasteiger partial charge < -0.3 is 19.5 Å². The van der Waals surface area contributed by atoms with Crippen LogP contribution in [0.4, 0.5) is 5.69 Å². The number of nitro groups is 1. The Hall–Kier alpha value is -4.02. The number of nitrogens with zero attached hydrogens (tertiary/aromatic N) is 2. The smallest absolute Gasteiger partial charge is 0.337 e. The molecule has 0 spiro atoms. The van der Waals surface area contributed by atoms with Crippen molar-refractivity contribution in [1.82, 2.24) is 10.2 Å². The van der Waals surface area contributed by atoms with Crippen LogP contribution in [-0.4, -0.2) is 61.7 Å². The molecule has 0 bridgehead atoms. The Bertz CT molecular complexity index is 1310. The van der Waals surface area contributed by atoms with Crippen molar-refractivity contribution in [3.63, 3.8) is 0 Å². The van der Waals surface area contributed by atoms with E-state index in [0.29, 0.717) is 23.5 Å². The van der Waals surface area contributed by atoms with Gasteiger partial charge in [-0.3, -0.25) is 15.0 Å². The SMILES string of the molecule is COC(=O)C1=C(C)NC(C)=C(C(=O)OC(CN2CCC(OC)CC2)c2ccccc2)C1c1cccc([N+](=O)[O-])c1. The van der Waals surface area contributed by atoms with E-state index in [1.807, 2.05) is 30.3 Å². The number of rotatable bonds is 9. The molecule has 4 rings (SSSR count). The van der Waals surface area contributed by atoms with Crippen LogP contribution in [0.3, 0.4) is 0 Å². The van der Waals surface area contributed by atoms with Crippen molar-refractivity contribution in [2.75, 3.05) is 33.9 Å². The maximum atomic E-state index is 14.0. The van der Waals surface area contributed by atoms with E-state index in [9.17, 15) is 19.7 Å². The van der Waals surface area contributed by atoms with Crippen molar-refractivity contribution in [1.29, 1.82) is 0 Å². The highest BCUT2D eigenvalue weighted by molar-refractivity contribution is 6.00. The van der Waals surface area contributed by atoms with Crippen molar-refractivity contribution in [3.8, 4) is 0 Å². The Labute approximate surface area is 233 Å². The van der Waals surface area contributed by atoms with Gasteiger partial charge in [-0.2, -0.15) is 0 Å². The number of carbonyl (C=O) groups excluding carboxylic acids is 2. The van der Waals surface area contributed by atoms with Crippen molar-refractivity contribution < 1.29 is 28.7 Å². The molecule has 1 N–H and O–H groups in total. The standard InChI is InChI=1S/C30H35N3O7/c1-19-26(29(34)39-4)28(22-11-8-12-23(17-22)33(36)37)27(20(2)31-19)30(35)40-25(21-9-6-5-7-10-21)18-32-15-13-24(38-3)14-16-32/h5-12,17,24-25,28,31H,13-16,18H2,1-4H3. The summed E-state index contributed by atoms with van der Waals surface area (Å²) in [5, 5.41) is 14.7. The number of likely N-dealkylation sites (tertiary alicyclic amines) is 1. The van der Waals surface area contributed by atoms with Gasteiger partial charge in [-0.1, -0.05) is 42.5 Å². The monoisotopic (exact) mass is 549 g/mol. The fraction of sp³-hybridized carbons (Fsp3) is 0.400. The van der Waals surface area contributed by atoms with Gasteiger partial charge in [-0.05, 0) is 37.8 Å². The maximum Gasteiger partial charge on any atom is 0.337 e. The van der Waals surface area contributed by atoms with Crippen LogP contribution in [0.1, 0.15) is 49.8 Å². The molecule has 0 aliphatic carbocycles. The number of dihydropyridines is 1. The number of carbonyl (C=O) groups is 2. The molecule has 0 saturated carbocycles. The van der Waals surface area contributed by atoms with Crippen LogP contribution in [0.2, 0.25) is 0 Å². The molecule has 212 valence electrons. The molecule has 1 saturated heterocycles. The summed E-state index contributed by atoms with van der Waals surface area (Å²) in [6.45, 7) is 5.55. The molecular weight excluding hydrogens is 514 g/mol. The Morgan fingerprint density at radius 1 is 1.00 bits per heavy atom. The van der Waals surface area contributed by atoms with Gasteiger partial charge in [0, 0.05) is 50.3 Å². The maximum absolute atomic E-state index is 14.0. The number of piperidine rings is 1. The lowest BCUT2D eigenvalue weighted by Crippen LogP contribution is -2.40. The van der Waals surface area contributed by atoms with Crippen LogP contribution < -0.4 is 5.32 Å². The molecule has 10 nitrogen and oxygen atoms in total. The lowest BCUT2D eigenvalue weighted by molar-refractivity contribution is -0.384. The summed E-state index contributed by atoms with van der Waals surface area (Å²) in [6.07, 6.45) is 1.42. The van der Waals surface area contributed by atoms with Gasteiger partial charge in [0.25, 0.3) is 5.69 Å². The molecule has 2 unspecified atom stereocenters. The molecule has 2 aliphatic heterocycles. The van der Waals surface area contributed by atoms with Gasteiger partial charge in [-0.25, -0.2) is 9.59 Å². The van der Waals surface area contributed by atoms with E-state index in [4.69, 9.17) is 14.2 Å². The van der Waals surface area contributed by atoms with Gasteiger partial charge >= 0.3 is 11.9 Å². The molecule has 0 radical (unpaired) electrons. The molecule has 2 aromatic carbocycles. The average Bonchev–Trinajstić information content (AvgIpc) is 2.96. The van der Waals surface area contributed by atoms with Crippen molar-refractivity contribution in [2.24, 2.45) is 0 Å². The summed E-state index contributed by atoms with van der Waals surface area (Å²) in [5.74, 6) is -2.18. The summed E-state index contributed by atoms with van der Waals surface area (Å²) in [6, 6.07) is 15.5. The Morgan fingerprint density at radius 3 is 2.25 bits per heavy atom. The van der Waals surface area contributed by atoms with Gasteiger partial charge in [-0.15, -0.1) is 0 Å². The summed E-state index contributed by atoms with van der Waals surface area (Å²) in [5.41, 5.74) is 2.50. The van der Waals surface area contributed by atoms with E-state index in [-0.39, 0.29) is 22.9 Å². The van der Waals surface area contributed by atoms with Crippen LogP contribution in [0.15, 0.2) is 77.1 Å². The number of nitrogens with one attached hydrogen (secondary N) is 1. The normalized spacial score (nSPS) is 19.1. The molecule has 40 heavy (non-hydrogen) atoms. The minimum Gasteiger partial charge on any atom is -0.466 e. The van der Waals surface area contributed by atoms with Crippen LogP contribution in [0, 0.1) is 10.1 Å². The highest BCUT2D eigenvalue weighted by Crippen LogP contribution is 2.41. The first-order chi connectivity index (χ1) is 19.2. The first-order valence-corrected chi connectivity index (χ1v) is 13.3. The second kappa shape index (κ2) is 12.9. The minimum absolute atomic E-state index is 0.148. The zero-order chi connectivity index (χ0) is 28.8. The Kier molecular flexibility index (Phi) is 9.34. The van der Waals surface area contributed by atoms with E-state index in [1.54, 1.807) is 27.0 Å². The first-order valence-electron chi connectivity index (χ1n) is 13.3. The quantitative estimate of drug-likeness (QED) is 0.276. The number of esters is 2. The van der Waals surface area contributed by atoms with Gasteiger partial charge in [0.1, 0.15) is 6.10 Å². The molecule has 0 aromatic heterocycles. The predicted molar refractivity (Wildman–Crippen MR) is 148 cm³/mol. The molecule has 10 heteroatoms. The fourth-order valence-electron chi connectivity index (χ4n) is 5.43. The summed E-state index contributed by atoms with van der Waals surface area (Å²) in [4.78, 5) is 40.3. The summed E-state index contributed by atoms with van der Waals surface area (Å²) < 4.78 is 16.8. The zero-order valence-electron chi connectivity index (χ0n) is 23.2. The predicted octanol–water partition coefficient (Wildman–Crippen LogP) is 4.40. The molecule has 2 aliphatic rings. The molecular formula is C30H35N3O7. The van der Waals surface area contributed by atoms with Gasteiger partial charge in [0.15, 0.2) is 0 Å². The first kappa shape index (κ1) is 29.0. The largest absolute Gasteiger partial charge is 0.466 e. The molecule has 1 fully saturated rings. The van der Waals surface area contributed by atoms with E-state index in [2.05, 4.69) is 10.2 Å². The van der Waals surface area contributed by atoms with Crippen molar-refractivity contribution >= 4 is 17.6 Å². The second-order valence-corrected chi connectivity index (χ2v) is 10.0. The number of hydrogen-bond acceptors (Lipinski definition) is 9. The Balaban J connectivity index is 1.70. The molecule has 2 heterocycles. The highest BCUT2D eigenvalue weighted by atomic mass is 16.6. The third kappa shape index (κ3) is 6.40. The van der Waals surface area contributed by atoms with Crippen molar-refractivity contribution in [2.45, 2.75) is 44.8 Å². The third-order valence-corrected chi connectivity index (χ3v) is 7.51. The van der Waals surface area contributed by atoms with Crippen LogP contribution in [0.25, 0.3) is 0 Å². The summed E-state index contributed by atoms with van der Waals surface area (Å²) in [7, 11) is 2.98. The lowest BCUT2D eigenvalue weighted by atomic mass is 9.80. The molecule has 2 atom stereocenters. The van der Waals surface area contributed by atoms with E-state index < -0.39 is 28.9 Å². The Morgan fingerprint density at radius 2 is 1.65 bits per heavy atom. The number of allylic oxidation sites excluding steroid dienone is 2. The minimum atomic E-state index is -0.921. The zero-order valence-corrected chi connectivity index (χ0v) is 23.2. The number of hydrogen-bond donors (Lipinski definition) is 1. The topological polar surface area (TPSA) is 120 Å². The number of ether oxygens (including phenoxy) is 3. The fourth-order valence-corrected chi connectivity index (χ4v) is 5.43. The van der Waals surface area contributed by atoms with Crippen molar-refractivity contribution in [3.05, 3.63) is 98.4 Å². The highest BCUT2D eigenvalue weighted by Gasteiger charge is 2.39. The third-order valence-electron chi connectivity index (χ3n) is 7.51. The average molecular weight is 550 g/mol. The number of non-ortho nitro benzene ring substituents is 1. The number of methoxy groups -OCH3 is 2. The van der Waals surface area contributed by atoms with Gasteiger partial charge in [0.2, 0.25) is 0 Å². The van der Waals surface area contributed by atoms with Crippen LogP contribution in [0.5, 0.6) is 0 Å². The molecule has 0 amide bonds. The molecule has 2 aromatic rings. The van der Waals surface area contributed by atoms with Gasteiger partial charge in [0.05, 0.1) is 35.2 Å². The van der Waals surface area contributed by atoms with E-state index in [1.165, 1.54) is 25.3 Å². The van der Waals surface area contributed by atoms with Crippen LogP contribution in [-0.2, 0) is 23.8 Å². The van der Waals surface area contributed by atoms with E-state index >= 15 is 0 Å². The number of nitro benzene ring substituents is 1. The summed E-state index contributed by atoms with van der Waals surface area (Å²) >= 11 is 0. The number of benzene rings is 2. The van der Waals surface area contributed by atoms with E-state index in [0.717, 1.165) is 31.5 Å². The van der Waals surface area contributed by atoms with Crippen LogP contribution >= 0.6 is 0 Å². The lowest BCUT2D eigenvalue weighted by Gasteiger charge is -2.34.